The van der Waals surface area contributed by atoms with Crippen LogP contribution in [0.4, 0.5) is 5.69 Å². The van der Waals surface area contributed by atoms with E-state index in [1.165, 1.54) is 0 Å². The number of hydrogen-bond acceptors (Lipinski definition) is 3. The topological polar surface area (TPSA) is 70.7 Å². The van der Waals surface area contributed by atoms with Crippen LogP contribution in [0.15, 0.2) is 36.5 Å². The van der Waals surface area contributed by atoms with Crippen LogP contribution in [0.25, 0.3) is 10.9 Å². The van der Waals surface area contributed by atoms with Crippen molar-refractivity contribution in [3.63, 3.8) is 0 Å². The molecule has 0 saturated heterocycles. The zero-order chi connectivity index (χ0) is 14.8. The van der Waals surface area contributed by atoms with Crippen molar-refractivity contribution in [3.8, 4) is 12.3 Å². The minimum absolute atomic E-state index is 0.230. The molecular formula is C15H9ClN4O. The van der Waals surface area contributed by atoms with Crippen LogP contribution < -0.4 is 5.32 Å². The highest BCUT2D eigenvalue weighted by Crippen LogP contribution is 2.30. The summed E-state index contributed by atoms with van der Waals surface area (Å²) in [5.74, 6) is 2.01. The third kappa shape index (κ3) is 2.45. The smallest absolute Gasteiger partial charge is 0.274 e. The van der Waals surface area contributed by atoms with E-state index in [1.807, 2.05) is 0 Å². The predicted molar refractivity (Wildman–Crippen MR) is 81.2 cm³/mol. The Kier molecular flexibility index (Phi) is 3.30. The SMILES string of the molecule is C#Cc1cccc(C(=O)Nc2ccc3[nH]ncc3c2Cl)n1. The normalized spacial score (nSPS) is 10.3. The summed E-state index contributed by atoms with van der Waals surface area (Å²) in [6.07, 6.45) is 6.87. The monoisotopic (exact) mass is 296 g/mol. The maximum atomic E-state index is 12.2. The van der Waals surface area contributed by atoms with Gasteiger partial charge in [0.25, 0.3) is 5.91 Å². The largest absolute Gasteiger partial charge is 0.319 e. The molecule has 0 saturated carbocycles. The van der Waals surface area contributed by atoms with Gasteiger partial charge in [-0.05, 0) is 24.3 Å². The summed E-state index contributed by atoms with van der Waals surface area (Å²) in [7, 11) is 0. The number of amides is 1. The molecule has 1 aromatic carbocycles. The summed E-state index contributed by atoms with van der Waals surface area (Å²) in [6, 6.07) is 8.40. The van der Waals surface area contributed by atoms with Gasteiger partial charge < -0.3 is 5.32 Å². The van der Waals surface area contributed by atoms with E-state index in [2.05, 4.69) is 26.4 Å². The number of H-pyrrole nitrogens is 1. The third-order valence-electron chi connectivity index (χ3n) is 2.94. The van der Waals surface area contributed by atoms with Crippen molar-refractivity contribution in [2.75, 3.05) is 5.32 Å². The molecule has 2 heterocycles. The second-order valence-corrected chi connectivity index (χ2v) is 4.64. The lowest BCUT2D eigenvalue weighted by Gasteiger charge is -2.07. The number of aromatic nitrogens is 3. The molecule has 0 bridgehead atoms. The maximum Gasteiger partial charge on any atom is 0.274 e. The number of anilines is 1. The van der Waals surface area contributed by atoms with E-state index in [0.717, 1.165) is 10.9 Å². The molecule has 0 aliphatic carbocycles. The fraction of sp³-hybridized carbons (Fsp3) is 0. The average molecular weight is 297 g/mol. The molecule has 3 rings (SSSR count). The quantitative estimate of drug-likeness (QED) is 0.714. The zero-order valence-electron chi connectivity index (χ0n) is 10.7. The molecule has 102 valence electrons. The van der Waals surface area contributed by atoms with Crippen LogP contribution in [0.1, 0.15) is 16.2 Å². The molecule has 6 heteroatoms. The molecule has 0 radical (unpaired) electrons. The first kappa shape index (κ1) is 13.2. The van der Waals surface area contributed by atoms with Gasteiger partial charge in [0.2, 0.25) is 0 Å². The van der Waals surface area contributed by atoms with E-state index in [9.17, 15) is 4.79 Å². The van der Waals surface area contributed by atoms with Crippen molar-refractivity contribution in [1.29, 1.82) is 0 Å². The van der Waals surface area contributed by atoms with E-state index in [1.54, 1.807) is 36.5 Å². The molecule has 0 aliphatic rings. The van der Waals surface area contributed by atoms with Gasteiger partial charge in [0.15, 0.2) is 0 Å². The Morgan fingerprint density at radius 2 is 2.19 bits per heavy atom. The second kappa shape index (κ2) is 5.27. The molecule has 0 atom stereocenters. The Morgan fingerprint density at radius 3 is 3.00 bits per heavy atom. The van der Waals surface area contributed by atoms with Gasteiger partial charge in [0.05, 0.1) is 22.4 Å². The highest BCUT2D eigenvalue weighted by atomic mass is 35.5. The summed E-state index contributed by atoms with van der Waals surface area (Å²) < 4.78 is 0. The van der Waals surface area contributed by atoms with Crippen molar-refractivity contribution in [2.24, 2.45) is 0 Å². The van der Waals surface area contributed by atoms with Crippen LogP contribution in [0, 0.1) is 12.3 Å². The van der Waals surface area contributed by atoms with Gasteiger partial charge in [0, 0.05) is 5.39 Å². The number of halogens is 1. The Bertz CT molecular complexity index is 879. The summed E-state index contributed by atoms with van der Waals surface area (Å²) in [5, 5.41) is 10.6. The Hall–Kier alpha value is -2.84. The molecule has 0 unspecified atom stereocenters. The molecule has 0 fully saturated rings. The minimum atomic E-state index is -0.378. The first-order valence-corrected chi connectivity index (χ1v) is 6.43. The summed E-state index contributed by atoms with van der Waals surface area (Å²) in [4.78, 5) is 16.2. The van der Waals surface area contributed by atoms with E-state index in [-0.39, 0.29) is 11.6 Å². The van der Waals surface area contributed by atoms with Gasteiger partial charge in [-0.2, -0.15) is 5.10 Å². The molecule has 0 aliphatic heterocycles. The number of rotatable bonds is 2. The standard InChI is InChI=1S/C15H9ClN4O/c1-2-9-4-3-5-13(18-9)15(21)19-12-7-6-11-10(14(12)16)8-17-20-11/h1,3-8H,(H,17,20)(H,19,21). The lowest BCUT2D eigenvalue weighted by molar-refractivity contribution is 0.102. The minimum Gasteiger partial charge on any atom is -0.319 e. The number of aromatic amines is 1. The number of carbonyl (C=O) groups is 1. The van der Waals surface area contributed by atoms with Crippen molar-refractivity contribution < 1.29 is 4.79 Å². The number of carbonyl (C=O) groups excluding carboxylic acids is 1. The number of benzene rings is 1. The van der Waals surface area contributed by atoms with Crippen LogP contribution >= 0.6 is 11.6 Å². The number of hydrogen-bond donors (Lipinski definition) is 2. The van der Waals surface area contributed by atoms with E-state index in [0.29, 0.717) is 16.4 Å². The first-order chi connectivity index (χ1) is 10.2. The number of nitrogens with zero attached hydrogens (tertiary/aromatic N) is 2. The number of pyridine rings is 1. The fourth-order valence-corrected chi connectivity index (χ4v) is 2.17. The van der Waals surface area contributed by atoms with Crippen molar-refractivity contribution in [3.05, 3.63) is 52.9 Å². The van der Waals surface area contributed by atoms with Crippen LogP contribution in [0.5, 0.6) is 0 Å². The third-order valence-corrected chi connectivity index (χ3v) is 3.34. The second-order valence-electron chi connectivity index (χ2n) is 4.26. The summed E-state index contributed by atoms with van der Waals surface area (Å²) in [6.45, 7) is 0. The fourth-order valence-electron chi connectivity index (χ4n) is 1.91. The molecule has 1 amide bonds. The highest BCUT2D eigenvalue weighted by Gasteiger charge is 2.12. The van der Waals surface area contributed by atoms with E-state index >= 15 is 0 Å². The van der Waals surface area contributed by atoms with Crippen LogP contribution in [-0.4, -0.2) is 21.1 Å². The Morgan fingerprint density at radius 1 is 1.33 bits per heavy atom. The van der Waals surface area contributed by atoms with E-state index < -0.39 is 0 Å². The molecule has 21 heavy (non-hydrogen) atoms. The number of terminal acetylenes is 1. The van der Waals surface area contributed by atoms with Crippen LogP contribution in [0.2, 0.25) is 5.02 Å². The average Bonchev–Trinajstić information content (AvgIpc) is 2.99. The van der Waals surface area contributed by atoms with Crippen molar-refractivity contribution in [2.45, 2.75) is 0 Å². The Balaban J connectivity index is 1.92. The van der Waals surface area contributed by atoms with Crippen LogP contribution in [-0.2, 0) is 0 Å². The van der Waals surface area contributed by atoms with Gasteiger partial charge in [-0.25, -0.2) is 4.98 Å². The van der Waals surface area contributed by atoms with Gasteiger partial charge in [-0.1, -0.05) is 23.6 Å². The molecule has 5 nitrogen and oxygen atoms in total. The lowest BCUT2D eigenvalue weighted by Crippen LogP contribution is -2.14. The highest BCUT2D eigenvalue weighted by molar-refractivity contribution is 6.38. The lowest BCUT2D eigenvalue weighted by atomic mass is 10.2. The van der Waals surface area contributed by atoms with Gasteiger partial charge in [-0.15, -0.1) is 6.42 Å². The number of fused-ring (bicyclic) bond motifs is 1. The molecule has 3 aromatic rings. The van der Waals surface area contributed by atoms with Gasteiger partial charge in [0.1, 0.15) is 11.4 Å². The zero-order valence-corrected chi connectivity index (χ0v) is 11.5. The van der Waals surface area contributed by atoms with Gasteiger partial charge >= 0.3 is 0 Å². The molecule has 0 spiro atoms. The summed E-state index contributed by atoms with van der Waals surface area (Å²) in [5.41, 5.74) is 1.92. The van der Waals surface area contributed by atoms with E-state index in [4.69, 9.17) is 18.0 Å². The van der Waals surface area contributed by atoms with Crippen LogP contribution in [0.3, 0.4) is 0 Å². The van der Waals surface area contributed by atoms with Crippen molar-refractivity contribution >= 4 is 34.1 Å². The first-order valence-electron chi connectivity index (χ1n) is 6.05. The molecule has 2 N–H and O–H groups in total. The Labute approximate surface area is 125 Å². The molecule has 2 aromatic heterocycles. The number of nitrogens with one attached hydrogen (secondary N) is 2. The maximum absolute atomic E-state index is 12.2. The van der Waals surface area contributed by atoms with Crippen molar-refractivity contribution in [1.82, 2.24) is 15.2 Å². The predicted octanol–water partition coefficient (Wildman–Crippen LogP) is 2.84. The molecular weight excluding hydrogens is 288 g/mol. The summed E-state index contributed by atoms with van der Waals surface area (Å²) >= 11 is 6.25. The van der Waals surface area contributed by atoms with Gasteiger partial charge in [-0.3, -0.25) is 9.89 Å².